The minimum Gasteiger partial charge on any atom is -0.463 e. The van der Waals surface area contributed by atoms with Crippen LogP contribution in [0.2, 0.25) is 0 Å². The van der Waals surface area contributed by atoms with Gasteiger partial charge in [0.05, 0.1) is 13.7 Å². The number of alkyl halides is 2. The van der Waals surface area contributed by atoms with Crippen molar-refractivity contribution < 1.29 is 27.9 Å². The number of halogens is 2. The van der Waals surface area contributed by atoms with Crippen molar-refractivity contribution in [3.63, 3.8) is 0 Å². The predicted molar refractivity (Wildman–Crippen MR) is 81.1 cm³/mol. The molecule has 0 atom stereocenters. The van der Waals surface area contributed by atoms with Crippen LogP contribution in [-0.4, -0.2) is 40.7 Å². The fourth-order valence-corrected chi connectivity index (χ4v) is 2.39. The molecule has 2 heterocycles. The Bertz CT molecular complexity index is 858. The summed E-state index contributed by atoms with van der Waals surface area (Å²) in [5, 5.41) is 1.73. The summed E-state index contributed by atoms with van der Waals surface area (Å²) in [6.07, 6.45) is 4.95. The number of carbonyl (C=O) groups is 3. The molecule has 132 valence electrons. The van der Waals surface area contributed by atoms with Gasteiger partial charge in [-0.05, 0) is 30.4 Å². The van der Waals surface area contributed by atoms with Crippen molar-refractivity contribution in [1.29, 1.82) is 0 Å². The van der Waals surface area contributed by atoms with Gasteiger partial charge in [-0.25, -0.2) is 9.78 Å². The van der Waals surface area contributed by atoms with Crippen molar-refractivity contribution in [1.82, 2.24) is 14.7 Å². The van der Waals surface area contributed by atoms with Gasteiger partial charge in [-0.1, -0.05) is 6.07 Å². The Morgan fingerprint density at radius 3 is 2.68 bits per heavy atom. The first kappa shape index (κ1) is 17.0. The van der Waals surface area contributed by atoms with Gasteiger partial charge >= 0.3 is 11.9 Å². The highest BCUT2D eigenvalue weighted by atomic mass is 19.3. The Balaban J connectivity index is 1.76. The van der Waals surface area contributed by atoms with Gasteiger partial charge in [0.25, 0.3) is 11.7 Å². The molecule has 2 aromatic heterocycles. The molecule has 1 aliphatic carbocycles. The van der Waals surface area contributed by atoms with Gasteiger partial charge in [0, 0.05) is 12.4 Å². The Kier molecular flexibility index (Phi) is 4.23. The second kappa shape index (κ2) is 6.23. The first-order chi connectivity index (χ1) is 11.8. The molecule has 1 saturated carbocycles. The zero-order valence-electron chi connectivity index (χ0n) is 13.3. The third-order valence-corrected chi connectivity index (χ3v) is 3.95. The molecule has 0 aromatic carbocycles. The van der Waals surface area contributed by atoms with Crippen LogP contribution in [0.3, 0.4) is 0 Å². The van der Waals surface area contributed by atoms with Crippen LogP contribution in [-0.2, 0) is 25.0 Å². The van der Waals surface area contributed by atoms with Crippen molar-refractivity contribution in [2.45, 2.75) is 24.7 Å². The molecule has 0 saturated heterocycles. The van der Waals surface area contributed by atoms with Crippen LogP contribution in [0, 0.1) is 0 Å². The van der Waals surface area contributed by atoms with E-state index in [0.29, 0.717) is 5.92 Å². The number of Topliss-reactive ketones (excluding diaryl/α,β-unsaturated/α-hetero) is 1. The van der Waals surface area contributed by atoms with Gasteiger partial charge < -0.3 is 14.5 Å². The van der Waals surface area contributed by atoms with E-state index in [1.807, 2.05) is 6.07 Å². The molecule has 3 rings (SSSR count). The molecule has 0 aliphatic heterocycles. The second-order valence-corrected chi connectivity index (χ2v) is 5.80. The Morgan fingerprint density at radius 2 is 2.04 bits per heavy atom. The largest absolute Gasteiger partial charge is 0.463 e. The summed E-state index contributed by atoms with van der Waals surface area (Å²) in [4.78, 5) is 37.7. The van der Waals surface area contributed by atoms with E-state index in [4.69, 9.17) is 0 Å². The summed E-state index contributed by atoms with van der Waals surface area (Å²) >= 11 is 0. The Morgan fingerprint density at radius 1 is 1.32 bits per heavy atom. The van der Waals surface area contributed by atoms with Crippen molar-refractivity contribution in [3.8, 4) is 0 Å². The maximum absolute atomic E-state index is 14.3. The molecule has 0 bridgehead atoms. The first-order valence-corrected chi connectivity index (χ1v) is 7.59. The summed E-state index contributed by atoms with van der Waals surface area (Å²) in [6.45, 7) is -0.875. The lowest BCUT2D eigenvalue weighted by atomic mass is 10.2. The molecule has 2 aromatic rings. The Labute approximate surface area is 141 Å². The molecule has 0 unspecified atom stereocenters. The number of pyridine rings is 1. The zero-order chi connectivity index (χ0) is 18.2. The van der Waals surface area contributed by atoms with E-state index < -0.39 is 35.8 Å². The highest BCUT2D eigenvalue weighted by Crippen LogP contribution is 2.40. The van der Waals surface area contributed by atoms with Crippen molar-refractivity contribution in [3.05, 3.63) is 35.8 Å². The standard InChI is InChI=1S/C16H15F2N3O4/c1-25-14(23)11(22)6-19-15(24)16(17,18)12-8-21-7-10(9-2-3-9)4-5-13(21)20-12/h4-5,7-9H,2-3,6H2,1H3,(H,19,24). The minimum atomic E-state index is -3.94. The van der Waals surface area contributed by atoms with Crippen LogP contribution in [0.15, 0.2) is 24.5 Å². The molecule has 1 N–H and O–H groups in total. The third-order valence-electron chi connectivity index (χ3n) is 3.95. The van der Waals surface area contributed by atoms with Gasteiger partial charge in [-0.3, -0.25) is 9.59 Å². The fourth-order valence-electron chi connectivity index (χ4n) is 2.39. The van der Waals surface area contributed by atoms with E-state index in [9.17, 15) is 23.2 Å². The van der Waals surface area contributed by atoms with Crippen molar-refractivity contribution in [2.75, 3.05) is 13.7 Å². The van der Waals surface area contributed by atoms with Crippen molar-refractivity contribution in [2.24, 2.45) is 0 Å². The van der Waals surface area contributed by atoms with Crippen LogP contribution in [0.25, 0.3) is 5.65 Å². The normalized spacial score (nSPS) is 14.4. The highest BCUT2D eigenvalue weighted by Gasteiger charge is 2.43. The number of hydrogen-bond acceptors (Lipinski definition) is 5. The van der Waals surface area contributed by atoms with Crippen LogP contribution >= 0.6 is 0 Å². The number of amides is 1. The number of imidazole rings is 1. The van der Waals surface area contributed by atoms with E-state index in [1.54, 1.807) is 17.6 Å². The summed E-state index contributed by atoms with van der Waals surface area (Å²) in [5.41, 5.74) is 0.592. The average Bonchev–Trinajstić information content (AvgIpc) is 3.36. The fraction of sp³-hybridized carbons (Fsp3) is 0.375. The SMILES string of the molecule is COC(=O)C(=O)CNC(=O)C(F)(F)c1cn2cc(C3CC3)ccc2n1. The summed E-state index contributed by atoms with van der Waals surface area (Å²) in [5.74, 6) is -7.55. The quantitative estimate of drug-likeness (QED) is 0.623. The van der Waals surface area contributed by atoms with E-state index >= 15 is 0 Å². The number of rotatable bonds is 6. The summed E-state index contributed by atoms with van der Waals surface area (Å²) in [6, 6.07) is 3.45. The number of nitrogens with one attached hydrogen (secondary N) is 1. The van der Waals surface area contributed by atoms with Crippen LogP contribution in [0.5, 0.6) is 0 Å². The number of aromatic nitrogens is 2. The number of esters is 1. The van der Waals surface area contributed by atoms with Crippen LogP contribution < -0.4 is 5.32 Å². The molecule has 0 spiro atoms. The first-order valence-electron chi connectivity index (χ1n) is 7.59. The highest BCUT2D eigenvalue weighted by molar-refractivity contribution is 6.34. The zero-order valence-corrected chi connectivity index (χ0v) is 13.3. The maximum Gasteiger partial charge on any atom is 0.376 e. The maximum atomic E-state index is 14.3. The van der Waals surface area contributed by atoms with Gasteiger partial charge in [-0.2, -0.15) is 8.78 Å². The monoisotopic (exact) mass is 351 g/mol. The van der Waals surface area contributed by atoms with E-state index in [-0.39, 0.29) is 5.65 Å². The lowest BCUT2D eigenvalue weighted by Gasteiger charge is -2.12. The number of ketones is 1. The van der Waals surface area contributed by atoms with Gasteiger partial charge in [-0.15, -0.1) is 0 Å². The Hall–Kier alpha value is -2.84. The van der Waals surface area contributed by atoms with E-state index in [1.165, 1.54) is 4.40 Å². The molecule has 7 nitrogen and oxygen atoms in total. The molecule has 1 fully saturated rings. The second-order valence-electron chi connectivity index (χ2n) is 5.80. The molecule has 1 aliphatic rings. The van der Waals surface area contributed by atoms with Gasteiger partial charge in [0.1, 0.15) is 11.3 Å². The number of hydrogen-bond donors (Lipinski definition) is 1. The lowest BCUT2D eigenvalue weighted by molar-refractivity contribution is -0.153. The van der Waals surface area contributed by atoms with Gasteiger partial charge in [0.2, 0.25) is 0 Å². The molecule has 1 amide bonds. The smallest absolute Gasteiger partial charge is 0.376 e. The summed E-state index contributed by atoms with van der Waals surface area (Å²) < 4.78 is 34.1. The molecular weight excluding hydrogens is 336 g/mol. The number of methoxy groups -OCH3 is 1. The van der Waals surface area contributed by atoms with Crippen LogP contribution in [0.4, 0.5) is 8.78 Å². The van der Waals surface area contributed by atoms with E-state index in [2.05, 4.69) is 9.72 Å². The van der Waals surface area contributed by atoms with E-state index in [0.717, 1.165) is 31.7 Å². The number of fused-ring (bicyclic) bond motifs is 1. The average molecular weight is 351 g/mol. The minimum absolute atomic E-state index is 0.289. The predicted octanol–water partition coefficient (Wildman–Crippen LogP) is 1.16. The lowest BCUT2D eigenvalue weighted by Crippen LogP contribution is -2.42. The topological polar surface area (TPSA) is 89.8 Å². The molecule has 0 radical (unpaired) electrons. The third kappa shape index (κ3) is 3.35. The molecule has 9 heteroatoms. The number of nitrogens with zero attached hydrogens (tertiary/aromatic N) is 2. The van der Waals surface area contributed by atoms with Crippen molar-refractivity contribution >= 4 is 23.3 Å². The van der Waals surface area contributed by atoms with Gasteiger partial charge in [0.15, 0.2) is 0 Å². The number of carbonyl (C=O) groups excluding carboxylic acids is 3. The van der Waals surface area contributed by atoms with Crippen LogP contribution in [0.1, 0.15) is 30.0 Å². The molecule has 25 heavy (non-hydrogen) atoms. The molecular formula is C16H15F2N3O4. The summed E-state index contributed by atoms with van der Waals surface area (Å²) in [7, 11) is 0.975. The number of ether oxygens (including phenoxy) is 1.